The highest BCUT2D eigenvalue weighted by molar-refractivity contribution is 6.30. The molecule has 0 N–H and O–H groups in total. The van der Waals surface area contributed by atoms with Crippen LogP contribution in [0, 0.1) is 0 Å². The second-order valence-corrected chi connectivity index (χ2v) is 7.41. The minimum absolute atomic E-state index is 0.0414. The number of rotatable bonds is 4. The van der Waals surface area contributed by atoms with E-state index < -0.39 is 17.5 Å². The molecular formula is C25H17N2O5+. The zero-order valence-corrected chi connectivity index (χ0v) is 17.1. The number of fused-ring (bicyclic) bond motifs is 2. The second-order valence-electron chi connectivity index (χ2n) is 7.41. The van der Waals surface area contributed by atoms with E-state index in [2.05, 4.69) is 5.16 Å². The van der Waals surface area contributed by atoms with Crippen molar-refractivity contribution in [3.63, 3.8) is 0 Å². The van der Waals surface area contributed by atoms with E-state index in [9.17, 15) is 14.4 Å². The molecular weight excluding hydrogens is 408 g/mol. The summed E-state index contributed by atoms with van der Waals surface area (Å²) in [6.45, 7) is 1.92. The minimum Gasteiger partial charge on any atom is -0.426 e. The van der Waals surface area contributed by atoms with E-state index in [4.69, 9.17) is 9.26 Å². The molecule has 0 bridgehead atoms. The quantitative estimate of drug-likeness (QED) is 0.249. The molecule has 0 fully saturated rings. The molecule has 1 aliphatic carbocycles. The number of hydrogen-bond donors (Lipinski definition) is 0. The van der Waals surface area contributed by atoms with Crippen LogP contribution in [0.15, 0.2) is 77.6 Å². The standard InChI is InChI=1S/C25H17N2O5/c1-15(28)31-19-9-5-8-18-20(19)24(30)21-22(26-32-25(21)23(18)29)17-10-12-27(13-11-17)14-16-6-3-2-4-7-16/h2-13H,14H2,1H3/q+1. The SMILES string of the molecule is CC(=O)Oc1cccc2c1C(=O)c1c(-c3cc[n+](Cc4ccccc4)cc3)noc1C2=O. The highest BCUT2D eigenvalue weighted by atomic mass is 16.5. The van der Waals surface area contributed by atoms with Crippen LogP contribution in [-0.2, 0) is 11.3 Å². The van der Waals surface area contributed by atoms with Crippen molar-refractivity contribution in [1.29, 1.82) is 0 Å². The van der Waals surface area contributed by atoms with Crippen LogP contribution in [0.3, 0.4) is 0 Å². The van der Waals surface area contributed by atoms with Crippen molar-refractivity contribution < 1.29 is 28.2 Å². The summed E-state index contributed by atoms with van der Waals surface area (Å²) in [6, 6.07) is 18.2. The summed E-state index contributed by atoms with van der Waals surface area (Å²) in [6.07, 6.45) is 3.74. The van der Waals surface area contributed by atoms with Gasteiger partial charge in [0.1, 0.15) is 17.0 Å². The molecule has 0 radical (unpaired) electrons. The highest BCUT2D eigenvalue weighted by Gasteiger charge is 2.39. The number of aromatic nitrogens is 2. The van der Waals surface area contributed by atoms with Gasteiger partial charge in [-0.25, -0.2) is 4.57 Å². The van der Waals surface area contributed by atoms with E-state index >= 15 is 0 Å². The van der Waals surface area contributed by atoms with E-state index in [1.807, 2.05) is 59.4 Å². The molecule has 2 aromatic heterocycles. The van der Waals surface area contributed by atoms with Gasteiger partial charge in [0.15, 0.2) is 18.9 Å². The predicted molar refractivity (Wildman–Crippen MR) is 112 cm³/mol. The Morgan fingerprint density at radius 1 is 0.938 bits per heavy atom. The van der Waals surface area contributed by atoms with Crippen LogP contribution < -0.4 is 9.30 Å². The Morgan fingerprint density at radius 2 is 1.69 bits per heavy atom. The Balaban J connectivity index is 1.53. The number of carbonyl (C=O) groups excluding carboxylic acids is 3. The number of esters is 1. The van der Waals surface area contributed by atoms with Crippen LogP contribution in [0.2, 0.25) is 0 Å². The average molecular weight is 425 g/mol. The smallest absolute Gasteiger partial charge is 0.308 e. The molecule has 5 rings (SSSR count). The number of benzene rings is 2. The third-order valence-electron chi connectivity index (χ3n) is 5.25. The molecule has 0 saturated heterocycles. The molecule has 0 amide bonds. The molecule has 2 heterocycles. The molecule has 7 nitrogen and oxygen atoms in total. The van der Waals surface area contributed by atoms with E-state index in [1.165, 1.54) is 19.1 Å². The van der Waals surface area contributed by atoms with Crippen molar-refractivity contribution in [3.05, 3.63) is 101 Å². The summed E-state index contributed by atoms with van der Waals surface area (Å²) < 4.78 is 12.5. The number of nitrogens with zero attached hydrogens (tertiary/aromatic N) is 2. The second kappa shape index (κ2) is 7.70. The monoisotopic (exact) mass is 425 g/mol. The molecule has 32 heavy (non-hydrogen) atoms. The van der Waals surface area contributed by atoms with Crippen LogP contribution in [0.4, 0.5) is 0 Å². The largest absolute Gasteiger partial charge is 0.426 e. The third kappa shape index (κ3) is 3.30. The Morgan fingerprint density at radius 3 is 2.41 bits per heavy atom. The van der Waals surface area contributed by atoms with Gasteiger partial charge in [0.2, 0.25) is 17.3 Å². The van der Waals surface area contributed by atoms with E-state index in [0.29, 0.717) is 12.1 Å². The van der Waals surface area contributed by atoms with E-state index in [-0.39, 0.29) is 33.9 Å². The van der Waals surface area contributed by atoms with Gasteiger partial charge in [-0.2, -0.15) is 0 Å². The predicted octanol–water partition coefficient (Wildman–Crippen LogP) is 3.38. The molecule has 7 heteroatoms. The molecule has 2 aromatic carbocycles. The van der Waals surface area contributed by atoms with Gasteiger partial charge >= 0.3 is 5.97 Å². The first-order chi connectivity index (χ1) is 15.5. The maximum absolute atomic E-state index is 13.4. The maximum Gasteiger partial charge on any atom is 0.308 e. The van der Waals surface area contributed by atoms with Gasteiger partial charge in [-0.3, -0.25) is 14.4 Å². The summed E-state index contributed by atoms with van der Waals surface area (Å²) in [5.74, 6) is -1.60. The van der Waals surface area contributed by atoms with E-state index in [0.717, 1.165) is 5.56 Å². The number of carbonyl (C=O) groups is 3. The zero-order valence-electron chi connectivity index (χ0n) is 17.1. The molecule has 1 aliphatic rings. The molecule has 4 aromatic rings. The zero-order chi connectivity index (χ0) is 22.2. The first-order valence-corrected chi connectivity index (χ1v) is 9.97. The topological polar surface area (TPSA) is 90.3 Å². The molecule has 0 saturated carbocycles. The lowest BCUT2D eigenvalue weighted by atomic mass is 9.86. The van der Waals surface area contributed by atoms with Crippen molar-refractivity contribution in [2.75, 3.05) is 0 Å². The van der Waals surface area contributed by atoms with Gasteiger partial charge in [0, 0.05) is 35.7 Å². The van der Waals surface area contributed by atoms with Crippen molar-refractivity contribution in [1.82, 2.24) is 5.16 Å². The van der Waals surface area contributed by atoms with Gasteiger partial charge in [0.25, 0.3) is 0 Å². The van der Waals surface area contributed by atoms with Gasteiger partial charge < -0.3 is 9.26 Å². The van der Waals surface area contributed by atoms with Gasteiger partial charge in [-0.05, 0) is 12.1 Å². The maximum atomic E-state index is 13.4. The fourth-order valence-electron chi connectivity index (χ4n) is 3.81. The molecule has 0 aliphatic heterocycles. The lowest BCUT2D eigenvalue weighted by molar-refractivity contribution is -0.688. The number of hydrogen-bond acceptors (Lipinski definition) is 6. The Kier molecular flexibility index (Phi) is 4.71. The fourth-order valence-corrected chi connectivity index (χ4v) is 3.81. The third-order valence-corrected chi connectivity index (χ3v) is 5.25. The van der Waals surface area contributed by atoms with Gasteiger partial charge in [-0.15, -0.1) is 0 Å². The fraction of sp³-hybridized carbons (Fsp3) is 0.0800. The lowest BCUT2D eigenvalue weighted by Crippen LogP contribution is -2.33. The first-order valence-electron chi connectivity index (χ1n) is 9.97. The normalized spacial score (nSPS) is 12.3. The van der Waals surface area contributed by atoms with Crippen molar-refractivity contribution >= 4 is 17.5 Å². The summed E-state index contributed by atoms with van der Waals surface area (Å²) in [5, 5.41) is 4.02. The Bertz CT molecular complexity index is 1370. The van der Waals surface area contributed by atoms with Crippen molar-refractivity contribution in [2.45, 2.75) is 13.5 Å². The number of ketones is 2. The average Bonchev–Trinajstić information content (AvgIpc) is 3.24. The van der Waals surface area contributed by atoms with Gasteiger partial charge in [-0.1, -0.05) is 41.6 Å². The van der Waals surface area contributed by atoms with Crippen molar-refractivity contribution in [2.24, 2.45) is 0 Å². The van der Waals surface area contributed by atoms with Crippen LogP contribution >= 0.6 is 0 Å². The lowest BCUT2D eigenvalue weighted by Gasteiger charge is -2.16. The first kappa shape index (κ1) is 19.6. The van der Waals surface area contributed by atoms with Crippen LogP contribution in [-0.4, -0.2) is 22.7 Å². The molecule has 0 atom stereocenters. The minimum atomic E-state index is -0.582. The van der Waals surface area contributed by atoms with Crippen molar-refractivity contribution in [3.8, 4) is 17.0 Å². The summed E-state index contributed by atoms with van der Waals surface area (Å²) in [7, 11) is 0. The summed E-state index contributed by atoms with van der Waals surface area (Å²) in [5.41, 5.74) is 2.29. The molecule has 0 spiro atoms. The van der Waals surface area contributed by atoms with Crippen LogP contribution in [0.1, 0.15) is 44.5 Å². The van der Waals surface area contributed by atoms with E-state index in [1.54, 1.807) is 6.07 Å². The summed E-state index contributed by atoms with van der Waals surface area (Å²) in [4.78, 5) is 37.8. The highest BCUT2D eigenvalue weighted by Crippen LogP contribution is 2.37. The van der Waals surface area contributed by atoms with Gasteiger partial charge in [0.05, 0.1) is 5.56 Å². The Hall–Kier alpha value is -4.39. The Labute approximate surface area is 182 Å². The van der Waals surface area contributed by atoms with Crippen LogP contribution in [0.25, 0.3) is 11.3 Å². The molecule has 0 unspecified atom stereocenters. The number of pyridine rings is 1. The van der Waals surface area contributed by atoms with Crippen LogP contribution in [0.5, 0.6) is 5.75 Å². The summed E-state index contributed by atoms with van der Waals surface area (Å²) >= 11 is 0. The molecule has 156 valence electrons. The number of ether oxygens (including phenoxy) is 1.